The standard InChI is InChI=1S/C20H21NO3/c1-3-18(14-6-4-13(2)5-7-14)21-12-15-10-20(23)24-19-11-16(22)8-9-17(15)19/h4-11,18,21-22H,3,12H2,1-2H3/t18-/m0/s1. The lowest BCUT2D eigenvalue weighted by Crippen LogP contribution is -2.21. The third-order valence-corrected chi connectivity index (χ3v) is 4.24. The highest BCUT2D eigenvalue weighted by atomic mass is 16.4. The van der Waals surface area contributed by atoms with Crippen LogP contribution in [-0.4, -0.2) is 5.11 Å². The zero-order valence-corrected chi connectivity index (χ0v) is 13.9. The molecular weight excluding hydrogens is 302 g/mol. The quantitative estimate of drug-likeness (QED) is 0.695. The van der Waals surface area contributed by atoms with Gasteiger partial charge in [0.2, 0.25) is 0 Å². The summed E-state index contributed by atoms with van der Waals surface area (Å²) in [6, 6.07) is 15.0. The molecule has 3 rings (SSSR count). The Morgan fingerprint density at radius 2 is 1.88 bits per heavy atom. The van der Waals surface area contributed by atoms with Gasteiger partial charge in [-0.1, -0.05) is 36.8 Å². The Hall–Kier alpha value is -2.59. The van der Waals surface area contributed by atoms with Crippen molar-refractivity contribution in [1.29, 1.82) is 0 Å². The smallest absolute Gasteiger partial charge is 0.336 e. The van der Waals surface area contributed by atoms with Gasteiger partial charge in [0.05, 0.1) is 0 Å². The molecule has 0 aliphatic carbocycles. The molecule has 0 saturated heterocycles. The van der Waals surface area contributed by atoms with Crippen LogP contribution in [0.4, 0.5) is 0 Å². The van der Waals surface area contributed by atoms with Crippen molar-refractivity contribution in [2.24, 2.45) is 0 Å². The van der Waals surface area contributed by atoms with Crippen LogP contribution in [-0.2, 0) is 6.54 Å². The molecular formula is C20H21NO3. The van der Waals surface area contributed by atoms with E-state index in [1.165, 1.54) is 23.3 Å². The molecule has 0 saturated carbocycles. The molecule has 0 radical (unpaired) electrons. The van der Waals surface area contributed by atoms with E-state index < -0.39 is 5.63 Å². The van der Waals surface area contributed by atoms with Crippen molar-refractivity contribution in [3.8, 4) is 5.75 Å². The van der Waals surface area contributed by atoms with E-state index in [1.807, 2.05) is 0 Å². The van der Waals surface area contributed by atoms with Crippen molar-refractivity contribution in [2.45, 2.75) is 32.9 Å². The molecule has 0 amide bonds. The maximum atomic E-state index is 11.8. The summed E-state index contributed by atoms with van der Waals surface area (Å²) in [5.41, 5.74) is 3.33. The Kier molecular flexibility index (Phi) is 4.67. The highest BCUT2D eigenvalue weighted by Crippen LogP contribution is 2.23. The number of aromatic hydroxyl groups is 1. The van der Waals surface area contributed by atoms with E-state index in [4.69, 9.17) is 4.42 Å². The molecule has 1 heterocycles. The molecule has 4 heteroatoms. The maximum absolute atomic E-state index is 11.8. The van der Waals surface area contributed by atoms with Crippen LogP contribution in [0, 0.1) is 6.92 Å². The van der Waals surface area contributed by atoms with Gasteiger partial charge in [0.15, 0.2) is 0 Å². The Bertz CT molecular complexity index is 897. The summed E-state index contributed by atoms with van der Waals surface area (Å²) in [7, 11) is 0. The zero-order valence-electron chi connectivity index (χ0n) is 13.9. The summed E-state index contributed by atoms with van der Waals surface area (Å²) in [6.45, 7) is 4.76. The van der Waals surface area contributed by atoms with Crippen molar-refractivity contribution in [1.82, 2.24) is 5.32 Å². The molecule has 4 nitrogen and oxygen atoms in total. The number of nitrogens with one attached hydrogen (secondary N) is 1. The average molecular weight is 323 g/mol. The topological polar surface area (TPSA) is 62.5 Å². The van der Waals surface area contributed by atoms with E-state index >= 15 is 0 Å². The van der Waals surface area contributed by atoms with Gasteiger partial charge < -0.3 is 14.8 Å². The maximum Gasteiger partial charge on any atom is 0.336 e. The minimum Gasteiger partial charge on any atom is -0.508 e. The minimum atomic E-state index is -0.409. The minimum absolute atomic E-state index is 0.0850. The fraction of sp³-hybridized carbons (Fsp3) is 0.250. The van der Waals surface area contributed by atoms with Gasteiger partial charge in [-0.15, -0.1) is 0 Å². The highest BCUT2D eigenvalue weighted by Gasteiger charge is 2.11. The zero-order chi connectivity index (χ0) is 17.1. The number of aryl methyl sites for hydroxylation is 1. The lowest BCUT2D eigenvalue weighted by Gasteiger charge is -2.18. The van der Waals surface area contributed by atoms with Crippen molar-refractivity contribution < 1.29 is 9.52 Å². The van der Waals surface area contributed by atoms with Gasteiger partial charge in [-0.25, -0.2) is 4.79 Å². The molecule has 0 spiro atoms. The third-order valence-electron chi connectivity index (χ3n) is 4.24. The van der Waals surface area contributed by atoms with Crippen LogP contribution in [0.1, 0.15) is 36.1 Å². The molecule has 0 bridgehead atoms. The van der Waals surface area contributed by atoms with Crippen LogP contribution in [0.15, 0.2) is 57.7 Å². The predicted octanol–water partition coefficient (Wildman–Crippen LogP) is 4.05. The van der Waals surface area contributed by atoms with Gasteiger partial charge in [-0.3, -0.25) is 0 Å². The number of rotatable bonds is 5. The number of hydrogen-bond acceptors (Lipinski definition) is 4. The molecule has 3 aromatic rings. The van der Waals surface area contributed by atoms with Crippen molar-refractivity contribution in [3.63, 3.8) is 0 Å². The first-order valence-electron chi connectivity index (χ1n) is 8.12. The Balaban J connectivity index is 1.86. The summed E-state index contributed by atoms with van der Waals surface area (Å²) >= 11 is 0. The van der Waals surface area contributed by atoms with E-state index in [9.17, 15) is 9.90 Å². The first kappa shape index (κ1) is 16.3. The molecule has 0 fully saturated rings. The lowest BCUT2D eigenvalue weighted by atomic mass is 10.0. The number of hydrogen-bond donors (Lipinski definition) is 2. The molecule has 124 valence electrons. The van der Waals surface area contributed by atoms with E-state index in [0.717, 1.165) is 17.4 Å². The molecule has 0 unspecified atom stereocenters. The number of phenolic OH excluding ortho intramolecular Hbond substituents is 1. The molecule has 2 aromatic carbocycles. The van der Waals surface area contributed by atoms with E-state index in [1.54, 1.807) is 12.1 Å². The van der Waals surface area contributed by atoms with E-state index in [2.05, 4.69) is 43.4 Å². The first-order valence-corrected chi connectivity index (χ1v) is 8.12. The van der Waals surface area contributed by atoms with E-state index in [-0.39, 0.29) is 11.8 Å². The lowest BCUT2D eigenvalue weighted by molar-refractivity contribution is 0.472. The van der Waals surface area contributed by atoms with E-state index in [0.29, 0.717) is 12.1 Å². The summed E-state index contributed by atoms with van der Waals surface area (Å²) in [6.07, 6.45) is 0.948. The Morgan fingerprint density at radius 1 is 1.12 bits per heavy atom. The normalized spacial score (nSPS) is 12.4. The van der Waals surface area contributed by atoms with Crippen molar-refractivity contribution >= 4 is 11.0 Å². The molecule has 0 aliphatic rings. The van der Waals surface area contributed by atoms with Crippen LogP contribution in [0.5, 0.6) is 5.75 Å². The van der Waals surface area contributed by atoms with Crippen LogP contribution in [0.3, 0.4) is 0 Å². The second-order valence-electron chi connectivity index (χ2n) is 6.02. The molecule has 0 aliphatic heterocycles. The average Bonchev–Trinajstić information content (AvgIpc) is 2.56. The number of fused-ring (bicyclic) bond motifs is 1. The third kappa shape index (κ3) is 3.49. The second kappa shape index (κ2) is 6.89. The summed E-state index contributed by atoms with van der Waals surface area (Å²) < 4.78 is 5.17. The van der Waals surface area contributed by atoms with Crippen molar-refractivity contribution in [2.75, 3.05) is 0 Å². The van der Waals surface area contributed by atoms with Crippen LogP contribution >= 0.6 is 0 Å². The fourth-order valence-electron chi connectivity index (χ4n) is 2.89. The van der Waals surface area contributed by atoms with Gasteiger partial charge in [0.25, 0.3) is 0 Å². The summed E-state index contributed by atoms with van der Waals surface area (Å²) in [4.78, 5) is 11.8. The van der Waals surface area contributed by atoms with Gasteiger partial charge in [-0.2, -0.15) is 0 Å². The SMILES string of the molecule is CC[C@H](NCc1cc(=O)oc2cc(O)ccc12)c1ccc(C)cc1. The predicted molar refractivity (Wildman–Crippen MR) is 95.2 cm³/mol. The van der Waals surface area contributed by atoms with Crippen LogP contribution < -0.4 is 10.9 Å². The summed E-state index contributed by atoms with van der Waals surface area (Å²) in [5.74, 6) is 0.0850. The highest BCUT2D eigenvalue weighted by molar-refractivity contribution is 5.81. The monoisotopic (exact) mass is 323 g/mol. The molecule has 24 heavy (non-hydrogen) atoms. The fourth-order valence-corrected chi connectivity index (χ4v) is 2.89. The van der Waals surface area contributed by atoms with Crippen LogP contribution in [0.2, 0.25) is 0 Å². The summed E-state index contributed by atoms with van der Waals surface area (Å²) in [5, 5.41) is 13.9. The molecule has 2 N–H and O–H groups in total. The van der Waals surface area contributed by atoms with Crippen LogP contribution in [0.25, 0.3) is 11.0 Å². The Morgan fingerprint density at radius 3 is 2.58 bits per heavy atom. The number of benzene rings is 2. The van der Waals surface area contributed by atoms with Gasteiger partial charge in [0, 0.05) is 30.1 Å². The van der Waals surface area contributed by atoms with Gasteiger partial charge in [-0.05, 0) is 36.6 Å². The number of phenols is 1. The van der Waals surface area contributed by atoms with Gasteiger partial charge >= 0.3 is 5.63 Å². The second-order valence-corrected chi connectivity index (χ2v) is 6.02. The Labute approximate surface area is 140 Å². The van der Waals surface area contributed by atoms with Gasteiger partial charge in [0.1, 0.15) is 11.3 Å². The largest absolute Gasteiger partial charge is 0.508 e. The first-order chi connectivity index (χ1) is 11.6. The molecule has 1 aromatic heterocycles. The van der Waals surface area contributed by atoms with Crippen molar-refractivity contribution in [3.05, 3.63) is 75.6 Å². The molecule has 1 atom stereocenters.